The van der Waals surface area contributed by atoms with E-state index in [1.807, 2.05) is 11.4 Å². The number of nitrogens with one attached hydrogen (secondary N) is 2. The van der Waals surface area contributed by atoms with Gasteiger partial charge in [0.15, 0.2) is 11.5 Å². The molecule has 5 rings (SSSR count). The summed E-state index contributed by atoms with van der Waals surface area (Å²) in [5.74, 6) is 0.283. The monoisotopic (exact) mass is 469 g/mol. The van der Waals surface area contributed by atoms with Gasteiger partial charge in [-0.3, -0.25) is 9.69 Å². The van der Waals surface area contributed by atoms with Gasteiger partial charge in [-0.25, -0.2) is 4.79 Å². The average Bonchev–Trinajstić information content (AvgIpc) is 3.46. The molecule has 9 heteroatoms. The molecule has 3 aromatic rings. The molecule has 2 N–H and O–H groups in total. The Balaban J connectivity index is 1.38. The number of esters is 1. The summed E-state index contributed by atoms with van der Waals surface area (Å²) in [5, 5.41) is 9.27. The fourth-order valence-electron chi connectivity index (χ4n) is 4.10. The molecule has 166 valence electrons. The predicted octanol–water partition coefficient (Wildman–Crippen LogP) is 4.27. The molecule has 0 saturated carbocycles. The summed E-state index contributed by atoms with van der Waals surface area (Å²) in [7, 11) is 1.53. The highest BCUT2D eigenvalue weighted by atomic mass is 32.1. The van der Waals surface area contributed by atoms with E-state index in [1.165, 1.54) is 28.9 Å². The Bertz CT molecular complexity index is 1170. The van der Waals surface area contributed by atoms with Crippen LogP contribution in [-0.4, -0.2) is 37.0 Å². The van der Waals surface area contributed by atoms with E-state index >= 15 is 0 Å². The topological polar surface area (TPSA) is 79.9 Å². The molecule has 0 aliphatic carbocycles. The fraction of sp³-hybridized carbons (Fsp3) is 0.304. The molecule has 1 aromatic carbocycles. The summed E-state index contributed by atoms with van der Waals surface area (Å²) in [5.41, 5.74) is 2.77. The smallest absolute Gasteiger partial charge is 0.353 e. The molecule has 1 amide bonds. The molecule has 0 bridgehead atoms. The molecular weight excluding hydrogens is 446 g/mol. The van der Waals surface area contributed by atoms with Crippen molar-refractivity contribution < 1.29 is 19.1 Å². The maximum atomic E-state index is 13.0. The third-order valence-electron chi connectivity index (χ3n) is 5.81. The van der Waals surface area contributed by atoms with Gasteiger partial charge in [0.05, 0.1) is 12.7 Å². The molecule has 7 nitrogen and oxygen atoms in total. The molecule has 2 aromatic heterocycles. The Morgan fingerprint density at radius 2 is 2.12 bits per heavy atom. The molecule has 2 aliphatic heterocycles. The zero-order valence-corrected chi connectivity index (χ0v) is 19.4. The van der Waals surface area contributed by atoms with Crippen molar-refractivity contribution in [2.45, 2.75) is 26.1 Å². The minimum Gasteiger partial charge on any atom is -0.493 e. The lowest BCUT2D eigenvalue weighted by Gasteiger charge is -2.28. The van der Waals surface area contributed by atoms with Gasteiger partial charge in [-0.15, -0.1) is 22.7 Å². The number of methoxy groups -OCH3 is 1. The zero-order chi connectivity index (χ0) is 22.2. The molecule has 4 heterocycles. The lowest BCUT2D eigenvalue weighted by atomic mass is 10.0. The number of fused-ring (bicyclic) bond motifs is 3. The van der Waals surface area contributed by atoms with Gasteiger partial charge < -0.3 is 20.1 Å². The van der Waals surface area contributed by atoms with Crippen molar-refractivity contribution in [3.05, 3.63) is 62.2 Å². The average molecular weight is 470 g/mol. The lowest BCUT2D eigenvalue weighted by Crippen LogP contribution is -2.38. The molecule has 0 saturated heterocycles. The normalized spacial score (nSPS) is 17.7. The number of benzene rings is 1. The quantitative estimate of drug-likeness (QED) is 0.429. The molecular formula is C23H23N3O4S2. The van der Waals surface area contributed by atoms with Crippen molar-refractivity contribution in [1.82, 2.24) is 10.2 Å². The maximum Gasteiger partial charge on any atom is 0.353 e. The Labute approximate surface area is 194 Å². The van der Waals surface area contributed by atoms with E-state index < -0.39 is 12.1 Å². The molecule has 0 unspecified atom stereocenters. The van der Waals surface area contributed by atoms with Crippen molar-refractivity contribution in [3.8, 4) is 11.5 Å². The summed E-state index contributed by atoms with van der Waals surface area (Å²) in [4.78, 5) is 29.5. The minimum atomic E-state index is -0.426. The number of carbonyl (C=O) groups is 2. The van der Waals surface area contributed by atoms with Crippen LogP contribution < -0.4 is 20.1 Å². The maximum absolute atomic E-state index is 13.0. The van der Waals surface area contributed by atoms with E-state index in [0.29, 0.717) is 16.4 Å². The van der Waals surface area contributed by atoms with Crippen LogP contribution in [0.3, 0.4) is 0 Å². The van der Waals surface area contributed by atoms with Crippen LogP contribution in [0.25, 0.3) is 0 Å². The summed E-state index contributed by atoms with van der Waals surface area (Å²) in [6, 6.07) is 8.82. The largest absolute Gasteiger partial charge is 0.493 e. The number of rotatable bonds is 5. The highest BCUT2D eigenvalue weighted by Crippen LogP contribution is 2.41. The van der Waals surface area contributed by atoms with Crippen LogP contribution in [0.15, 0.2) is 35.7 Å². The molecule has 0 spiro atoms. The van der Waals surface area contributed by atoms with E-state index in [0.717, 1.165) is 42.2 Å². The number of ether oxygens (including phenoxy) is 2. The number of thiophene rings is 2. The number of likely N-dealkylation sites (N-methyl/N-ethyl adjacent to an activating group) is 1. The molecule has 2 aliphatic rings. The lowest BCUT2D eigenvalue weighted by molar-refractivity contribution is 0.0734. The van der Waals surface area contributed by atoms with Gasteiger partial charge in [0, 0.05) is 18.0 Å². The van der Waals surface area contributed by atoms with Gasteiger partial charge in [-0.1, -0.05) is 19.1 Å². The van der Waals surface area contributed by atoms with E-state index in [4.69, 9.17) is 9.47 Å². The summed E-state index contributed by atoms with van der Waals surface area (Å²) in [6.07, 6.45) is 0.501. The van der Waals surface area contributed by atoms with Crippen molar-refractivity contribution >= 4 is 39.6 Å². The SMILES string of the molecule is CCN1CCc2c(sc3c2C(=O)N[C@@H](c2ccc(OC(=O)c4cccs4)c(OC)c2)N3)C1. The summed E-state index contributed by atoms with van der Waals surface area (Å²) in [6.45, 7) is 5.04. The van der Waals surface area contributed by atoms with Crippen LogP contribution in [0.5, 0.6) is 11.5 Å². The zero-order valence-electron chi connectivity index (χ0n) is 17.8. The molecule has 0 fully saturated rings. The molecule has 1 atom stereocenters. The summed E-state index contributed by atoms with van der Waals surface area (Å²) < 4.78 is 11.0. The van der Waals surface area contributed by atoms with Gasteiger partial charge in [-0.2, -0.15) is 0 Å². The standard InChI is InChI=1S/C23H23N3O4S2/c1-3-26-9-8-14-18(12-26)32-22-19(14)21(27)24-20(25-22)13-6-7-15(16(11-13)29-2)30-23(28)17-5-4-10-31-17/h4-7,10-11,20,25H,3,8-9,12H2,1-2H3,(H,24,27)/t20-/m1/s1. The van der Waals surface area contributed by atoms with Crippen molar-refractivity contribution in [1.29, 1.82) is 0 Å². The van der Waals surface area contributed by atoms with Crippen LogP contribution >= 0.6 is 22.7 Å². The first kappa shape index (κ1) is 21.0. The molecule has 32 heavy (non-hydrogen) atoms. The third-order valence-corrected chi connectivity index (χ3v) is 7.81. The van der Waals surface area contributed by atoms with Crippen molar-refractivity contribution in [2.75, 3.05) is 25.5 Å². The van der Waals surface area contributed by atoms with Crippen LogP contribution in [0, 0.1) is 0 Å². The van der Waals surface area contributed by atoms with Crippen LogP contribution in [0.1, 0.15) is 49.1 Å². The van der Waals surface area contributed by atoms with Gasteiger partial charge >= 0.3 is 5.97 Å². The Morgan fingerprint density at radius 1 is 1.25 bits per heavy atom. The van der Waals surface area contributed by atoms with Gasteiger partial charge in [0.2, 0.25) is 0 Å². The fourth-order valence-corrected chi connectivity index (χ4v) is 6.01. The highest BCUT2D eigenvalue weighted by molar-refractivity contribution is 7.16. The second-order valence-corrected chi connectivity index (χ2v) is 9.71. The molecule has 0 radical (unpaired) electrons. The first-order valence-electron chi connectivity index (χ1n) is 10.4. The van der Waals surface area contributed by atoms with Crippen LogP contribution in [0.2, 0.25) is 0 Å². The highest BCUT2D eigenvalue weighted by Gasteiger charge is 2.33. The Morgan fingerprint density at radius 3 is 2.88 bits per heavy atom. The summed E-state index contributed by atoms with van der Waals surface area (Å²) >= 11 is 2.99. The number of amides is 1. The van der Waals surface area contributed by atoms with E-state index in [2.05, 4.69) is 22.5 Å². The van der Waals surface area contributed by atoms with Crippen LogP contribution in [0.4, 0.5) is 5.00 Å². The number of carbonyl (C=O) groups excluding carboxylic acids is 2. The minimum absolute atomic E-state index is 0.0571. The van der Waals surface area contributed by atoms with E-state index in [1.54, 1.807) is 35.6 Å². The third kappa shape index (κ3) is 3.76. The number of nitrogens with zero attached hydrogens (tertiary/aromatic N) is 1. The first-order chi connectivity index (χ1) is 15.6. The number of anilines is 1. The van der Waals surface area contributed by atoms with E-state index in [-0.39, 0.29) is 5.91 Å². The predicted molar refractivity (Wildman–Crippen MR) is 125 cm³/mol. The van der Waals surface area contributed by atoms with Gasteiger partial charge in [0.1, 0.15) is 16.0 Å². The Kier molecular flexibility index (Phi) is 5.62. The number of hydrogen-bond acceptors (Lipinski definition) is 8. The van der Waals surface area contributed by atoms with Crippen molar-refractivity contribution in [3.63, 3.8) is 0 Å². The van der Waals surface area contributed by atoms with E-state index in [9.17, 15) is 9.59 Å². The van der Waals surface area contributed by atoms with Gasteiger partial charge in [-0.05, 0) is 47.7 Å². The number of hydrogen-bond donors (Lipinski definition) is 2. The first-order valence-corrected chi connectivity index (χ1v) is 12.1. The second-order valence-electron chi connectivity index (χ2n) is 7.65. The van der Waals surface area contributed by atoms with Crippen molar-refractivity contribution in [2.24, 2.45) is 0 Å². The van der Waals surface area contributed by atoms with Gasteiger partial charge in [0.25, 0.3) is 5.91 Å². The second kappa shape index (κ2) is 8.57. The Hall–Kier alpha value is -2.88. The van der Waals surface area contributed by atoms with Crippen LogP contribution in [-0.2, 0) is 13.0 Å².